The van der Waals surface area contributed by atoms with Gasteiger partial charge in [-0.1, -0.05) is 0 Å². The third-order valence-corrected chi connectivity index (χ3v) is 3.76. The Balaban J connectivity index is 2.73. The zero-order chi connectivity index (χ0) is 15.2. The number of hydrogen-bond donors (Lipinski definition) is 0. The van der Waals surface area contributed by atoms with Crippen LogP contribution in [-0.4, -0.2) is 42.6 Å². The van der Waals surface area contributed by atoms with Gasteiger partial charge in [-0.15, -0.1) is 0 Å². The number of carbonyl (C=O) groups excluding carboxylic acids is 1. The highest BCUT2D eigenvalue weighted by Gasteiger charge is 2.15. The van der Waals surface area contributed by atoms with Gasteiger partial charge in [0.2, 0.25) is 0 Å². The molecule has 0 aliphatic rings. The van der Waals surface area contributed by atoms with Crippen molar-refractivity contribution in [2.24, 2.45) is 0 Å². The Morgan fingerprint density at radius 2 is 2.00 bits per heavy atom. The summed E-state index contributed by atoms with van der Waals surface area (Å²) >= 11 is 0. The maximum atomic E-state index is 12.2. The number of rotatable bonds is 7. The lowest BCUT2D eigenvalue weighted by Gasteiger charge is -2.17. The van der Waals surface area contributed by atoms with Crippen molar-refractivity contribution in [1.82, 2.24) is 4.90 Å². The topological polar surface area (TPSA) is 81.4 Å². The van der Waals surface area contributed by atoms with Crippen molar-refractivity contribution in [1.29, 1.82) is 0 Å². The molecule has 1 aromatic rings. The summed E-state index contributed by atoms with van der Waals surface area (Å²) in [4.78, 5) is 13.9. The molecule has 0 spiro atoms. The van der Waals surface area contributed by atoms with Crippen molar-refractivity contribution in [2.75, 3.05) is 18.8 Å². The van der Waals surface area contributed by atoms with E-state index in [0.717, 1.165) is 0 Å². The summed E-state index contributed by atoms with van der Waals surface area (Å²) in [6.07, 6.45) is 3.66. The molecule has 0 N–H and O–H groups in total. The lowest BCUT2D eigenvalue weighted by molar-refractivity contribution is -0.697. The van der Waals surface area contributed by atoms with E-state index in [1.165, 1.54) is 0 Å². The summed E-state index contributed by atoms with van der Waals surface area (Å²) in [6, 6.07) is 3.46. The summed E-state index contributed by atoms with van der Waals surface area (Å²) in [5.74, 6) is -0.449. The van der Waals surface area contributed by atoms with Crippen LogP contribution in [0.15, 0.2) is 24.5 Å². The van der Waals surface area contributed by atoms with E-state index in [-0.39, 0.29) is 12.3 Å². The summed E-state index contributed by atoms with van der Waals surface area (Å²) in [5, 5.41) is 0. The molecule has 0 atom stereocenters. The van der Waals surface area contributed by atoms with Crippen molar-refractivity contribution in [3.05, 3.63) is 30.1 Å². The molecule has 0 aliphatic heterocycles. The minimum atomic E-state index is -4.18. The number of aromatic nitrogens is 1. The molecule has 0 unspecified atom stereocenters. The molecule has 0 bridgehead atoms. The van der Waals surface area contributed by atoms with Gasteiger partial charge in [0.1, 0.15) is 12.1 Å². The van der Waals surface area contributed by atoms with Crippen LogP contribution < -0.4 is 4.57 Å². The first-order valence-electron chi connectivity index (χ1n) is 6.59. The summed E-state index contributed by atoms with van der Waals surface area (Å²) in [5.41, 5.74) is 0.557. The SMILES string of the molecule is CCN(CC)C(=O)c1ccc[n+](CCCS(=O)(=O)[O-])c1. The van der Waals surface area contributed by atoms with Crippen LogP contribution in [0.1, 0.15) is 30.6 Å². The third kappa shape index (κ3) is 5.26. The zero-order valence-electron chi connectivity index (χ0n) is 11.8. The smallest absolute Gasteiger partial charge is 0.259 e. The number of pyridine rings is 1. The molecule has 0 radical (unpaired) electrons. The minimum absolute atomic E-state index is 0.0548. The molecular weight excluding hydrogens is 280 g/mol. The van der Waals surface area contributed by atoms with E-state index in [4.69, 9.17) is 0 Å². The highest BCUT2D eigenvalue weighted by Crippen LogP contribution is 2.02. The first-order valence-corrected chi connectivity index (χ1v) is 8.17. The second-order valence-electron chi connectivity index (χ2n) is 4.42. The van der Waals surface area contributed by atoms with E-state index < -0.39 is 15.9 Å². The van der Waals surface area contributed by atoms with Gasteiger partial charge in [-0.2, -0.15) is 0 Å². The number of aryl methyl sites for hydroxylation is 1. The highest BCUT2D eigenvalue weighted by atomic mass is 32.2. The molecule has 0 aromatic carbocycles. The highest BCUT2D eigenvalue weighted by molar-refractivity contribution is 7.85. The second-order valence-corrected chi connectivity index (χ2v) is 5.95. The molecule has 0 aliphatic carbocycles. The summed E-state index contributed by atoms with van der Waals surface area (Å²) < 4.78 is 33.3. The number of carbonyl (C=O) groups is 1. The normalized spacial score (nSPS) is 11.3. The van der Waals surface area contributed by atoms with Gasteiger partial charge in [-0.05, 0) is 19.9 Å². The largest absolute Gasteiger partial charge is 0.748 e. The fraction of sp³-hybridized carbons (Fsp3) is 0.538. The Bertz CT molecular complexity index is 553. The van der Waals surface area contributed by atoms with E-state index in [1.54, 1.807) is 34.0 Å². The van der Waals surface area contributed by atoms with Gasteiger partial charge in [-0.25, -0.2) is 13.0 Å². The molecule has 0 fully saturated rings. The quantitative estimate of drug-likeness (QED) is 0.539. The fourth-order valence-corrected chi connectivity index (χ4v) is 2.39. The van der Waals surface area contributed by atoms with Crippen LogP contribution >= 0.6 is 0 Å². The van der Waals surface area contributed by atoms with Crippen LogP contribution in [0.5, 0.6) is 0 Å². The van der Waals surface area contributed by atoms with E-state index >= 15 is 0 Å². The molecule has 7 heteroatoms. The van der Waals surface area contributed by atoms with Gasteiger partial charge in [-0.3, -0.25) is 4.79 Å². The predicted molar refractivity (Wildman–Crippen MR) is 73.1 cm³/mol. The van der Waals surface area contributed by atoms with Gasteiger partial charge in [0.25, 0.3) is 5.91 Å². The van der Waals surface area contributed by atoms with Gasteiger partial charge in [0.15, 0.2) is 12.4 Å². The Morgan fingerprint density at radius 3 is 2.55 bits per heavy atom. The molecule has 1 aromatic heterocycles. The van der Waals surface area contributed by atoms with Crippen LogP contribution in [0, 0.1) is 0 Å². The first-order chi connectivity index (χ1) is 9.37. The number of nitrogens with zero attached hydrogens (tertiary/aromatic N) is 2. The van der Waals surface area contributed by atoms with Crippen LogP contribution in [-0.2, 0) is 16.7 Å². The zero-order valence-corrected chi connectivity index (χ0v) is 12.6. The molecule has 6 nitrogen and oxygen atoms in total. The van der Waals surface area contributed by atoms with Gasteiger partial charge in [0, 0.05) is 31.3 Å². The Labute approximate surface area is 119 Å². The fourth-order valence-electron chi connectivity index (χ4n) is 1.90. The molecule has 1 amide bonds. The molecule has 20 heavy (non-hydrogen) atoms. The van der Waals surface area contributed by atoms with Crippen molar-refractivity contribution in [2.45, 2.75) is 26.8 Å². The Hall–Kier alpha value is -1.47. The van der Waals surface area contributed by atoms with Crippen LogP contribution in [0.2, 0.25) is 0 Å². The molecule has 112 valence electrons. The number of amides is 1. The summed E-state index contributed by atoms with van der Waals surface area (Å²) in [7, 11) is -4.18. The van der Waals surface area contributed by atoms with Crippen molar-refractivity contribution in [3.63, 3.8) is 0 Å². The van der Waals surface area contributed by atoms with Gasteiger partial charge < -0.3 is 9.45 Å². The van der Waals surface area contributed by atoms with E-state index in [0.29, 0.717) is 25.2 Å². The minimum Gasteiger partial charge on any atom is -0.748 e. The molecule has 1 rings (SSSR count). The lowest BCUT2D eigenvalue weighted by Crippen LogP contribution is -2.37. The standard InChI is InChI=1S/C13H20N2O4S/c1-3-15(4-2)13(16)12-7-5-8-14(11-12)9-6-10-20(17,18)19/h5,7-8,11H,3-4,6,9-10H2,1-2H3. The molecule has 0 saturated heterocycles. The third-order valence-electron chi connectivity index (χ3n) is 2.97. The van der Waals surface area contributed by atoms with Crippen LogP contribution in [0.3, 0.4) is 0 Å². The lowest BCUT2D eigenvalue weighted by atomic mass is 10.2. The maximum Gasteiger partial charge on any atom is 0.259 e. The molecular formula is C13H20N2O4S. The summed E-state index contributed by atoms with van der Waals surface area (Å²) in [6.45, 7) is 5.49. The van der Waals surface area contributed by atoms with E-state index in [2.05, 4.69) is 0 Å². The van der Waals surface area contributed by atoms with Gasteiger partial charge >= 0.3 is 0 Å². The monoisotopic (exact) mass is 300 g/mol. The first kappa shape index (κ1) is 16.6. The van der Waals surface area contributed by atoms with Crippen molar-refractivity contribution >= 4 is 16.0 Å². The Kier molecular flexibility index (Phi) is 6.09. The van der Waals surface area contributed by atoms with Crippen molar-refractivity contribution < 1.29 is 22.3 Å². The molecule has 0 saturated carbocycles. The molecule has 1 heterocycles. The maximum absolute atomic E-state index is 12.2. The average Bonchev–Trinajstić information content (AvgIpc) is 2.39. The van der Waals surface area contributed by atoms with Crippen LogP contribution in [0.4, 0.5) is 0 Å². The average molecular weight is 300 g/mol. The predicted octanol–water partition coefficient (Wildman–Crippen LogP) is 0.391. The van der Waals surface area contributed by atoms with Crippen molar-refractivity contribution in [3.8, 4) is 0 Å². The van der Waals surface area contributed by atoms with Gasteiger partial charge in [0.05, 0.1) is 10.1 Å². The number of hydrogen-bond acceptors (Lipinski definition) is 4. The second kappa shape index (κ2) is 7.35. The Morgan fingerprint density at radius 1 is 1.35 bits per heavy atom. The van der Waals surface area contributed by atoms with E-state index in [9.17, 15) is 17.8 Å². The van der Waals surface area contributed by atoms with E-state index in [1.807, 2.05) is 13.8 Å². The van der Waals surface area contributed by atoms with Crippen LogP contribution in [0.25, 0.3) is 0 Å².